The average molecular weight is 315 g/mol. The van der Waals surface area contributed by atoms with Crippen LogP contribution in [0.25, 0.3) is 0 Å². The molecule has 1 fully saturated rings. The van der Waals surface area contributed by atoms with Crippen molar-refractivity contribution >= 4 is 17.5 Å². The molecule has 1 atom stereocenters. The third kappa shape index (κ3) is 3.73. The summed E-state index contributed by atoms with van der Waals surface area (Å²) >= 11 is 6.10. The van der Waals surface area contributed by atoms with E-state index in [1.165, 1.54) is 4.90 Å². The monoisotopic (exact) mass is 314 g/mol. The van der Waals surface area contributed by atoms with Gasteiger partial charge in [0.05, 0.1) is 6.61 Å². The SMILES string of the molecule is Cc1ccc(Cl)c(CN2CCO[C@@H](C(=O)N(C)C)C2)c1F. The summed E-state index contributed by atoms with van der Waals surface area (Å²) in [5.74, 6) is -0.347. The molecule has 0 unspecified atom stereocenters. The standard InChI is InChI=1S/C15H20ClFN2O2/c1-10-4-5-12(16)11(14(10)17)8-19-6-7-21-13(9-19)15(20)18(2)3/h4-5,13H,6-9H2,1-3H3/t13-/m1/s1. The first-order valence-corrected chi connectivity index (χ1v) is 7.26. The van der Waals surface area contributed by atoms with Crippen molar-refractivity contribution in [2.75, 3.05) is 33.8 Å². The summed E-state index contributed by atoms with van der Waals surface area (Å²) in [5.41, 5.74) is 1.05. The van der Waals surface area contributed by atoms with Crippen molar-refractivity contribution in [2.45, 2.75) is 19.6 Å². The first-order valence-electron chi connectivity index (χ1n) is 6.88. The van der Waals surface area contributed by atoms with Gasteiger partial charge in [-0.15, -0.1) is 0 Å². The lowest BCUT2D eigenvalue weighted by Gasteiger charge is -2.33. The van der Waals surface area contributed by atoms with Gasteiger partial charge >= 0.3 is 0 Å². The lowest BCUT2D eigenvalue weighted by Crippen LogP contribution is -2.49. The molecule has 1 amide bonds. The van der Waals surface area contributed by atoms with Crippen LogP contribution in [0.3, 0.4) is 0 Å². The van der Waals surface area contributed by atoms with Gasteiger partial charge in [-0.25, -0.2) is 4.39 Å². The summed E-state index contributed by atoms with van der Waals surface area (Å²) in [5, 5.41) is 0.417. The number of morpholine rings is 1. The van der Waals surface area contributed by atoms with Gasteiger partial charge in [0.2, 0.25) is 0 Å². The summed E-state index contributed by atoms with van der Waals surface area (Å²) in [6.45, 7) is 3.65. The smallest absolute Gasteiger partial charge is 0.252 e. The van der Waals surface area contributed by atoms with Crippen LogP contribution in [0.1, 0.15) is 11.1 Å². The number of nitrogens with zero attached hydrogens (tertiary/aromatic N) is 2. The molecule has 0 N–H and O–H groups in total. The molecule has 6 heteroatoms. The molecule has 1 aromatic carbocycles. The van der Waals surface area contributed by atoms with Gasteiger partial charge in [0.1, 0.15) is 11.9 Å². The van der Waals surface area contributed by atoms with Crippen LogP contribution in [0.5, 0.6) is 0 Å². The number of carbonyl (C=O) groups excluding carboxylic acids is 1. The molecular formula is C15H20ClFN2O2. The van der Waals surface area contributed by atoms with E-state index >= 15 is 0 Å². The van der Waals surface area contributed by atoms with Crippen molar-refractivity contribution in [1.29, 1.82) is 0 Å². The molecule has 2 rings (SSSR count). The van der Waals surface area contributed by atoms with E-state index in [9.17, 15) is 9.18 Å². The maximum absolute atomic E-state index is 14.2. The fraction of sp³-hybridized carbons (Fsp3) is 0.533. The summed E-state index contributed by atoms with van der Waals surface area (Å²) < 4.78 is 19.7. The minimum Gasteiger partial charge on any atom is -0.366 e. The molecule has 0 spiro atoms. The minimum atomic E-state index is -0.500. The first-order chi connectivity index (χ1) is 9.90. The number of rotatable bonds is 3. The van der Waals surface area contributed by atoms with Gasteiger partial charge in [0.25, 0.3) is 5.91 Å². The van der Waals surface area contributed by atoms with E-state index in [2.05, 4.69) is 0 Å². The van der Waals surface area contributed by atoms with Crippen molar-refractivity contribution in [2.24, 2.45) is 0 Å². The van der Waals surface area contributed by atoms with Crippen molar-refractivity contribution in [3.63, 3.8) is 0 Å². The summed E-state index contributed by atoms with van der Waals surface area (Å²) in [6.07, 6.45) is -0.500. The lowest BCUT2D eigenvalue weighted by atomic mass is 10.1. The number of carbonyl (C=O) groups is 1. The number of halogens is 2. The number of ether oxygens (including phenoxy) is 1. The van der Waals surface area contributed by atoms with E-state index in [0.29, 0.717) is 42.4 Å². The molecule has 1 aliphatic heterocycles. The van der Waals surface area contributed by atoms with Crippen LogP contribution in [-0.2, 0) is 16.1 Å². The molecule has 0 bridgehead atoms. The second kappa shape index (κ2) is 6.73. The lowest BCUT2D eigenvalue weighted by molar-refractivity contribution is -0.147. The minimum absolute atomic E-state index is 0.0736. The van der Waals surface area contributed by atoms with Crippen LogP contribution in [0.2, 0.25) is 5.02 Å². The Morgan fingerprint density at radius 1 is 1.52 bits per heavy atom. The van der Waals surface area contributed by atoms with Crippen molar-refractivity contribution in [1.82, 2.24) is 9.80 Å². The number of amides is 1. The van der Waals surface area contributed by atoms with Crippen LogP contribution in [0.15, 0.2) is 12.1 Å². The number of benzene rings is 1. The second-order valence-electron chi connectivity index (χ2n) is 5.48. The van der Waals surface area contributed by atoms with E-state index in [0.717, 1.165) is 0 Å². The Bertz CT molecular complexity index is 537. The highest BCUT2D eigenvalue weighted by molar-refractivity contribution is 6.31. The number of likely N-dealkylation sites (N-methyl/N-ethyl adjacent to an activating group) is 1. The summed E-state index contributed by atoms with van der Waals surface area (Å²) in [7, 11) is 3.39. The van der Waals surface area contributed by atoms with Crippen LogP contribution >= 0.6 is 11.6 Å². The quantitative estimate of drug-likeness (QED) is 0.856. The maximum Gasteiger partial charge on any atom is 0.252 e. The van der Waals surface area contributed by atoms with Crippen LogP contribution in [0.4, 0.5) is 4.39 Å². The van der Waals surface area contributed by atoms with Crippen molar-refractivity contribution in [3.8, 4) is 0 Å². The van der Waals surface area contributed by atoms with Gasteiger partial charge in [0, 0.05) is 44.3 Å². The number of hydrogen-bond acceptors (Lipinski definition) is 3. The Labute approximate surface area is 129 Å². The molecule has 1 saturated heterocycles. The Morgan fingerprint density at radius 2 is 2.24 bits per heavy atom. The number of hydrogen-bond donors (Lipinski definition) is 0. The van der Waals surface area contributed by atoms with Gasteiger partial charge in [-0.2, -0.15) is 0 Å². The molecule has 1 heterocycles. The van der Waals surface area contributed by atoms with E-state index in [4.69, 9.17) is 16.3 Å². The van der Waals surface area contributed by atoms with Gasteiger partial charge < -0.3 is 9.64 Å². The largest absolute Gasteiger partial charge is 0.366 e. The zero-order chi connectivity index (χ0) is 15.6. The molecule has 0 aromatic heterocycles. The van der Waals surface area contributed by atoms with Crippen LogP contribution < -0.4 is 0 Å². The Morgan fingerprint density at radius 3 is 2.90 bits per heavy atom. The zero-order valence-electron chi connectivity index (χ0n) is 12.5. The average Bonchev–Trinajstić information content (AvgIpc) is 2.47. The molecule has 0 aliphatic carbocycles. The Kier molecular flexibility index (Phi) is 5.19. The van der Waals surface area contributed by atoms with Crippen LogP contribution in [0, 0.1) is 12.7 Å². The second-order valence-corrected chi connectivity index (χ2v) is 5.89. The molecule has 0 saturated carbocycles. The molecule has 1 aliphatic rings. The van der Waals surface area contributed by atoms with E-state index in [1.807, 2.05) is 4.90 Å². The molecular weight excluding hydrogens is 295 g/mol. The van der Waals surface area contributed by atoms with E-state index in [-0.39, 0.29) is 11.7 Å². The predicted octanol–water partition coefficient (Wildman–Crippen LogP) is 2.08. The van der Waals surface area contributed by atoms with Gasteiger partial charge in [-0.1, -0.05) is 17.7 Å². The summed E-state index contributed by atoms with van der Waals surface area (Å²) in [4.78, 5) is 15.5. The van der Waals surface area contributed by atoms with E-state index < -0.39 is 6.10 Å². The zero-order valence-corrected chi connectivity index (χ0v) is 13.3. The maximum atomic E-state index is 14.2. The van der Waals surface area contributed by atoms with Crippen LogP contribution in [-0.4, -0.2) is 55.6 Å². The van der Waals surface area contributed by atoms with Gasteiger partial charge in [-0.05, 0) is 18.6 Å². The van der Waals surface area contributed by atoms with Crippen molar-refractivity contribution < 1.29 is 13.9 Å². The Hall–Kier alpha value is -1.17. The normalized spacial score (nSPS) is 19.6. The summed E-state index contributed by atoms with van der Waals surface area (Å²) in [6, 6.07) is 3.37. The third-order valence-electron chi connectivity index (χ3n) is 3.63. The molecule has 21 heavy (non-hydrogen) atoms. The molecule has 1 aromatic rings. The number of aryl methyl sites for hydroxylation is 1. The Balaban J connectivity index is 2.10. The van der Waals surface area contributed by atoms with Gasteiger partial charge in [0.15, 0.2) is 0 Å². The molecule has 4 nitrogen and oxygen atoms in total. The third-order valence-corrected chi connectivity index (χ3v) is 3.98. The molecule has 116 valence electrons. The molecule has 0 radical (unpaired) electrons. The highest BCUT2D eigenvalue weighted by Gasteiger charge is 2.28. The highest BCUT2D eigenvalue weighted by atomic mass is 35.5. The first kappa shape index (κ1) is 16.2. The highest BCUT2D eigenvalue weighted by Crippen LogP contribution is 2.24. The predicted molar refractivity (Wildman–Crippen MR) is 79.9 cm³/mol. The van der Waals surface area contributed by atoms with Gasteiger partial charge in [-0.3, -0.25) is 9.69 Å². The van der Waals surface area contributed by atoms with Crippen molar-refractivity contribution in [3.05, 3.63) is 34.1 Å². The fourth-order valence-electron chi connectivity index (χ4n) is 2.37. The van der Waals surface area contributed by atoms with E-state index in [1.54, 1.807) is 33.2 Å². The topological polar surface area (TPSA) is 32.8 Å². The fourth-order valence-corrected chi connectivity index (χ4v) is 2.57.